The van der Waals surface area contributed by atoms with E-state index in [4.69, 9.17) is 26.0 Å². The second-order valence-electron chi connectivity index (χ2n) is 6.54. The van der Waals surface area contributed by atoms with Gasteiger partial charge in [-0.3, -0.25) is 4.79 Å². The van der Waals surface area contributed by atoms with Gasteiger partial charge in [0, 0.05) is 18.1 Å². The minimum absolute atomic E-state index is 0.114. The van der Waals surface area contributed by atoms with Gasteiger partial charge in [0.05, 0.1) is 11.2 Å². The maximum Gasteiger partial charge on any atom is 0.496 e. The Balaban J connectivity index is 2.22. The van der Waals surface area contributed by atoms with Gasteiger partial charge < -0.3 is 14.4 Å². The van der Waals surface area contributed by atoms with Crippen molar-refractivity contribution in [3.05, 3.63) is 23.0 Å². The number of nitrogens with zero attached hydrogens (tertiary/aromatic N) is 1. The number of carboxylic acids is 1. The molecule has 0 aliphatic carbocycles. The minimum atomic E-state index is -0.808. The highest BCUT2D eigenvalue weighted by Gasteiger charge is 2.52. The fourth-order valence-corrected chi connectivity index (χ4v) is 2.49. The second kappa shape index (κ2) is 6.18. The molecule has 0 amide bonds. The fraction of sp³-hybridized carbons (Fsp3) is 0.600. The lowest BCUT2D eigenvalue weighted by molar-refractivity contribution is -0.137. The third-order valence-corrected chi connectivity index (χ3v) is 4.54. The molecule has 5 nitrogen and oxygen atoms in total. The summed E-state index contributed by atoms with van der Waals surface area (Å²) in [5.41, 5.74) is 0.860. The summed E-state index contributed by atoms with van der Waals surface area (Å²) in [5.74, 6) is -0.808. The number of hydrogen-bond acceptors (Lipinski definition) is 4. The second-order valence-corrected chi connectivity index (χ2v) is 6.93. The molecular formula is C15H21BClNO4. The van der Waals surface area contributed by atoms with E-state index in [0.29, 0.717) is 18.0 Å². The Bertz CT molecular complexity index is 561. The van der Waals surface area contributed by atoms with Crippen molar-refractivity contribution in [1.29, 1.82) is 0 Å². The van der Waals surface area contributed by atoms with Crippen molar-refractivity contribution in [2.24, 2.45) is 0 Å². The number of hydrogen-bond donors (Lipinski definition) is 1. The van der Waals surface area contributed by atoms with E-state index in [1.807, 2.05) is 27.7 Å². The van der Waals surface area contributed by atoms with Crippen LogP contribution in [0.2, 0.25) is 5.15 Å². The normalized spacial score (nSPS) is 19.4. The Morgan fingerprint density at radius 1 is 1.32 bits per heavy atom. The van der Waals surface area contributed by atoms with E-state index in [9.17, 15) is 4.79 Å². The van der Waals surface area contributed by atoms with Crippen molar-refractivity contribution in [3.63, 3.8) is 0 Å². The third kappa shape index (κ3) is 3.62. The van der Waals surface area contributed by atoms with Crippen molar-refractivity contribution >= 4 is 30.2 Å². The standard InChI is InChI=1S/C15H21BClNO4/c1-14(2)15(3,4)22-16(21-14)11-9-18-12(17)8-10(11)6-5-7-13(19)20/h8-9H,5-7H2,1-4H3,(H,19,20). The highest BCUT2D eigenvalue weighted by molar-refractivity contribution is 6.62. The molecule has 1 aromatic heterocycles. The summed E-state index contributed by atoms with van der Waals surface area (Å²) in [6, 6.07) is 1.75. The summed E-state index contributed by atoms with van der Waals surface area (Å²) in [5, 5.41) is 9.16. The van der Waals surface area contributed by atoms with Gasteiger partial charge in [-0.1, -0.05) is 11.6 Å². The van der Waals surface area contributed by atoms with Crippen LogP contribution in [0.1, 0.15) is 46.1 Å². The van der Waals surface area contributed by atoms with Gasteiger partial charge in [0.25, 0.3) is 0 Å². The molecule has 1 aromatic rings. The van der Waals surface area contributed by atoms with Gasteiger partial charge in [0.2, 0.25) is 0 Å². The zero-order valence-corrected chi connectivity index (χ0v) is 14.1. The molecule has 1 aliphatic rings. The Kier molecular flexibility index (Phi) is 4.85. The molecule has 1 aliphatic heterocycles. The molecule has 1 saturated heterocycles. The monoisotopic (exact) mass is 325 g/mol. The van der Waals surface area contributed by atoms with E-state index >= 15 is 0 Å². The van der Waals surface area contributed by atoms with Crippen molar-refractivity contribution in [2.45, 2.75) is 58.2 Å². The third-order valence-electron chi connectivity index (χ3n) is 4.34. The Morgan fingerprint density at radius 3 is 2.45 bits per heavy atom. The maximum absolute atomic E-state index is 10.7. The number of pyridine rings is 1. The van der Waals surface area contributed by atoms with E-state index in [1.165, 1.54) is 0 Å². The Labute approximate surface area is 136 Å². The molecular weight excluding hydrogens is 304 g/mol. The molecule has 0 saturated carbocycles. The number of carbonyl (C=O) groups is 1. The highest BCUT2D eigenvalue weighted by Crippen LogP contribution is 2.36. The van der Waals surface area contributed by atoms with E-state index < -0.39 is 24.3 Å². The van der Waals surface area contributed by atoms with Crippen LogP contribution in [-0.2, 0) is 20.5 Å². The summed E-state index contributed by atoms with van der Waals surface area (Å²) in [7, 11) is -0.519. The van der Waals surface area contributed by atoms with E-state index in [-0.39, 0.29) is 6.42 Å². The predicted octanol–water partition coefficient (Wildman–Crippen LogP) is 2.44. The first-order chi connectivity index (χ1) is 10.1. The van der Waals surface area contributed by atoms with Crippen LogP contribution >= 0.6 is 11.6 Å². The number of carboxylic acid groups (broad SMARTS) is 1. The lowest BCUT2D eigenvalue weighted by Gasteiger charge is -2.32. The molecule has 0 radical (unpaired) electrons. The molecule has 7 heteroatoms. The summed E-state index contributed by atoms with van der Waals surface area (Å²) in [6.07, 6.45) is 2.89. The lowest BCUT2D eigenvalue weighted by atomic mass is 9.76. The SMILES string of the molecule is CC1(C)OB(c2cnc(Cl)cc2CCCC(=O)O)OC1(C)C. The van der Waals surface area contributed by atoms with Gasteiger partial charge in [0.1, 0.15) is 5.15 Å². The predicted molar refractivity (Wildman–Crippen MR) is 85.5 cm³/mol. The molecule has 0 spiro atoms. The Hall–Kier alpha value is -1.11. The van der Waals surface area contributed by atoms with Crippen LogP contribution in [0.3, 0.4) is 0 Å². The molecule has 2 rings (SSSR count). The fourth-order valence-electron chi connectivity index (χ4n) is 2.31. The zero-order valence-electron chi connectivity index (χ0n) is 13.4. The first kappa shape index (κ1) is 17.3. The lowest BCUT2D eigenvalue weighted by Crippen LogP contribution is -2.41. The van der Waals surface area contributed by atoms with Crippen LogP contribution in [0, 0.1) is 0 Å². The topological polar surface area (TPSA) is 68.7 Å². The Morgan fingerprint density at radius 2 is 1.91 bits per heavy atom. The van der Waals surface area contributed by atoms with Crippen molar-refractivity contribution in [1.82, 2.24) is 4.98 Å². The van der Waals surface area contributed by atoms with Crippen molar-refractivity contribution in [3.8, 4) is 0 Å². The summed E-state index contributed by atoms with van der Waals surface area (Å²) >= 11 is 5.97. The molecule has 0 bridgehead atoms. The summed E-state index contributed by atoms with van der Waals surface area (Å²) in [4.78, 5) is 14.8. The van der Waals surface area contributed by atoms with Crippen molar-refractivity contribution in [2.75, 3.05) is 0 Å². The van der Waals surface area contributed by atoms with Gasteiger partial charge in [-0.2, -0.15) is 0 Å². The average Bonchev–Trinajstić information content (AvgIpc) is 2.57. The first-order valence-corrected chi connectivity index (χ1v) is 7.72. The average molecular weight is 326 g/mol. The van der Waals surface area contributed by atoms with E-state index in [2.05, 4.69) is 4.98 Å². The molecule has 22 heavy (non-hydrogen) atoms. The number of aryl methyl sites for hydroxylation is 1. The quantitative estimate of drug-likeness (QED) is 0.665. The highest BCUT2D eigenvalue weighted by atomic mass is 35.5. The van der Waals surface area contributed by atoms with Crippen LogP contribution in [0.5, 0.6) is 0 Å². The van der Waals surface area contributed by atoms with E-state index in [1.54, 1.807) is 12.3 Å². The van der Waals surface area contributed by atoms with Crippen LogP contribution in [0.4, 0.5) is 0 Å². The van der Waals surface area contributed by atoms with Gasteiger partial charge in [0.15, 0.2) is 0 Å². The summed E-state index contributed by atoms with van der Waals surface area (Å²) < 4.78 is 12.1. The van der Waals surface area contributed by atoms with Crippen LogP contribution in [0.25, 0.3) is 0 Å². The zero-order chi connectivity index (χ0) is 16.5. The largest absolute Gasteiger partial charge is 0.496 e. The molecule has 1 fully saturated rings. The number of halogens is 1. The number of aliphatic carboxylic acids is 1. The van der Waals surface area contributed by atoms with Crippen LogP contribution < -0.4 is 5.46 Å². The molecule has 0 unspecified atom stereocenters. The molecule has 1 N–H and O–H groups in total. The van der Waals surface area contributed by atoms with E-state index in [0.717, 1.165) is 11.0 Å². The molecule has 0 aromatic carbocycles. The number of rotatable bonds is 5. The van der Waals surface area contributed by atoms with Gasteiger partial charge in [-0.15, -0.1) is 0 Å². The summed E-state index contributed by atoms with van der Waals surface area (Å²) in [6.45, 7) is 7.95. The van der Waals surface area contributed by atoms with Crippen molar-refractivity contribution < 1.29 is 19.2 Å². The van der Waals surface area contributed by atoms with Gasteiger partial charge in [-0.05, 0) is 52.2 Å². The first-order valence-electron chi connectivity index (χ1n) is 7.34. The smallest absolute Gasteiger partial charge is 0.481 e. The molecule has 0 atom stereocenters. The van der Waals surface area contributed by atoms with Gasteiger partial charge >= 0.3 is 13.1 Å². The van der Waals surface area contributed by atoms with Crippen LogP contribution in [0.15, 0.2) is 12.3 Å². The van der Waals surface area contributed by atoms with Gasteiger partial charge in [-0.25, -0.2) is 4.98 Å². The molecule has 120 valence electrons. The minimum Gasteiger partial charge on any atom is -0.481 e. The maximum atomic E-state index is 10.7. The molecule has 2 heterocycles. The van der Waals surface area contributed by atoms with Crippen LogP contribution in [-0.4, -0.2) is 34.4 Å². The number of aromatic nitrogens is 1.